The number of hydrogen-bond acceptors (Lipinski definition) is 3. The van der Waals surface area contributed by atoms with E-state index in [4.69, 9.17) is 0 Å². The summed E-state index contributed by atoms with van der Waals surface area (Å²) >= 11 is 0. The lowest BCUT2D eigenvalue weighted by Crippen LogP contribution is -2.42. The van der Waals surface area contributed by atoms with Crippen molar-refractivity contribution in [2.45, 2.75) is 12.3 Å². The third kappa shape index (κ3) is 3.96. The van der Waals surface area contributed by atoms with Gasteiger partial charge in [-0.3, -0.25) is 20.4 Å². The molecule has 1 aliphatic carbocycles. The van der Waals surface area contributed by atoms with E-state index in [0.29, 0.717) is 12.0 Å². The molecule has 0 bridgehead atoms. The second-order valence-electron chi connectivity index (χ2n) is 6.39. The molecule has 0 saturated heterocycles. The molecule has 1 saturated carbocycles. The highest BCUT2D eigenvalue weighted by Crippen LogP contribution is 2.47. The molecule has 2 aromatic rings. The third-order valence-electron chi connectivity index (χ3n) is 4.35. The molecule has 0 aliphatic heterocycles. The van der Waals surface area contributed by atoms with E-state index in [-0.39, 0.29) is 29.5 Å². The molecule has 1 aliphatic rings. The number of anilines is 1. The van der Waals surface area contributed by atoms with Crippen LogP contribution in [-0.2, 0) is 4.79 Å². The Balaban J connectivity index is 1.54. The summed E-state index contributed by atoms with van der Waals surface area (Å²) in [6, 6.07) is 13.3. The lowest BCUT2D eigenvalue weighted by Gasteiger charge is -2.13. The van der Waals surface area contributed by atoms with Gasteiger partial charge in [0.05, 0.1) is 0 Å². The van der Waals surface area contributed by atoms with Crippen molar-refractivity contribution >= 4 is 17.5 Å². The number of rotatable bonds is 4. The van der Waals surface area contributed by atoms with Crippen LogP contribution in [0.15, 0.2) is 48.5 Å². The summed E-state index contributed by atoms with van der Waals surface area (Å²) < 4.78 is 12.9. The smallest absolute Gasteiger partial charge is 0.269 e. The van der Waals surface area contributed by atoms with Gasteiger partial charge >= 0.3 is 0 Å². The zero-order valence-corrected chi connectivity index (χ0v) is 14.1. The number of carbonyl (C=O) groups excluding carboxylic acids is 2. The third-order valence-corrected chi connectivity index (χ3v) is 4.35. The predicted molar refractivity (Wildman–Crippen MR) is 93.6 cm³/mol. The van der Waals surface area contributed by atoms with Crippen molar-refractivity contribution < 1.29 is 14.0 Å². The van der Waals surface area contributed by atoms with Crippen molar-refractivity contribution in [3.63, 3.8) is 0 Å². The molecule has 2 amide bonds. The Bertz CT molecular complexity index is 790. The first-order valence-corrected chi connectivity index (χ1v) is 8.09. The average Bonchev–Trinajstić information content (AvgIpc) is 3.41. The number of halogens is 1. The van der Waals surface area contributed by atoms with Crippen LogP contribution in [0.4, 0.5) is 10.1 Å². The van der Waals surface area contributed by atoms with Crippen molar-refractivity contribution in [3.05, 3.63) is 65.5 Å². The van der Waals surface area contributed by atoms with E-state index in [9.17, 15) is 14.0 Å². The largest absolute Gasteiger partial charge is 0.378 e. The van der Waals surface area contributed by atoms with Crippen molar-refractivity contribution in [2.75, 3.05) is 19.0 Å². The van der Waals surface area contributed by atoms with Crippen LogP contribution in [0.2, 0.25) is 0 Å². The van der Waals surface area contributed by atoms with Gasteiger partial charge in [0.2, 0.25) is 5.91 Å². The molecule has 3 rings (SSSR count). The van der Waals surface area contributed by atoms with Gasteiger partial charge in [-0.2, -0.15) is 0 Å². The number of nitrogens with zero attached hydrogens (tertiary/aromatic N) is 1. The lowest BCUT2D eigenvalue weighted by atomic mass is 10.1. The summed E-state index contributed by atoms with van der Waals surface area (Å²) in [7, 11) is 3.78. The number of hydrazine groups is 1. The van der Waals surface area contributed by atoms with Crippen LogP contribution in [-0.4, -0.2) is 25.9 Å². The average molecular weight is 341 g/mol. The fourth-order valence-electron chi connectivity index (χ4n) is 2.77. The summed E-state index contributed by atoms with van der Waals surface area (Å²) in [6.45, 7) is 0. The van der Waals surface area contributed by atoms with Crippen LogP contribution in [0, 0.1) is 11.7 Å². The number of carbonyl (C=O) groups is 2. The highest BCUT2D eigenvalue weighted by molar-refractivity contribution is 5.96. The van der Waals surface area contributed by atoms with Gasteiger partial charge in [0.1, 0.15) is 5.82 Å². The van der Waals surface area contributed by atoms with Crippen LogP contribution in [0.25, 0.3) is 0 Å². The molecule has 1 fully saturated rings. The Morgan fingerprint density at radius 1 is 1.08 bits per heavy atom. The van der Waals surface area contributed by atoms with Crippen LogP contribution in [0.1, 0.15) is 28.3 Å². The molecule has 0 spiro atoms. The molecule has 25 heavy (non-hydrogen) atoms. The molecule has 2 N–H and O–H groups in total. The molecular formula is C19H20FN3O2. The fourth-order valence-corrected chi connectivity index (χ4v) is 2.77. The minimum atomic E-state index is -0.365. The van der Waals surface area contributed by atoms with Crippen molar-refractivity contribution in [1.82, 2.24) is 10.9 Å². The van der Waals surface area contributed by atoms with Crippen molar-refractivity contribution in [3.8, 4) is 0 Å². The van der Waals surface area contributed by atoms with E-state index in [1.165, 1.54) is 12.1 Å². The minimum absolute atomic E-state index is 0.0783. The molecule has 0 aromatic heterocycles. The number of benzene rings is 2. The van der Waals surface area contributed by atoms with Gasteiger partial charge in [0, 0.05) is 31.3 Å². The predicted octanol–water partition coefficient (Wildman–Crippen LogP) is 2.46. The van der Waals surface area contributed by atoms with Crippen LogP contribution in [0.5, 0.6) is 0 Å². The zero-order valence-electron chi connectivity index (χ0n) is 14.1. The maximum Gasteiger partial charge on any atom is 0.269 e. The Kier molecular flexibility index (Phi) is 4.70. The zero-order chi connectivity index (χ0) is 18.0. The van der Waals surface area contributed by atoms with Gasteiger partial charge in [-0.1, -0.05) is 18.2 Å². The molecule has 2 unspecified atom stereocenters. The summed E-state index contributed by atoms with van der Waals surface area (Å²) in [5.41, 5.74) is 7.23. The summed E-state index contributed by atoms with van der Waals surface area (Å²) in [6.07, 6.45) is 0.698. The maximum absolute atomic E-state index is 12.9. The quantitative estimate of drug-likeness (QED) is 0.840. The first kappa shape index (κ1) is 17.0. The Morgan fingerprint density at radius 2 is 1.80 bits per heavy atom. The topological polar surface area (TPSA) is 61.4 Å². The van der Waals surface area contributed by atoms with E-state index in [1.807, 2.05) is 25.1 Å². The second-order valence-corrected chi connectivity index (χ2v) is 6.39. The molecule has 0 heterocycles. The summed E-state index contributed by atoms with van der Waals surface area (Å²) in [5, 5.41) is 0. The second kappa shape index (κ2) is 6.93. The van der Waals surface area contributed by atoms with E-state index in [0.717, 1.165) is 11.3 Å². The Hall–Kier alpha value is -2.89. The maximum atomic E-state index is 12.9. The van der Waals surface area contributed by atoms with Crippen LogP contribution in [0.3, 0.4) is 0 Å². The molecule has 130 valence electrons. The SMILES string of the molecule is CN(C)c1cccc(C(=O)NNC(=O)C2CC2c2ccc(F)cc2)c1. The van der Waals surface area contributed by atoms with E-state index >= 15 is 0 Å². The number of nitrogens with one attached hydrogen (secondary N) is 2. The van der Waals surface area contributed by atoms with Crippen molar-refractivity contribution in [2.24, 2.45) is 5.92 Å². The Morgan fingerprint density at radius 3 is 2.48 bits per heavy atom. The Labute approximate surface area is 145 Å². The first-order valence-electron chi connectivity index (χ1n) is 8.09. The number of amides is 2. The van der Waals surface area contributed by atoms with Crippen LogP contribution >= 0.6 is 0 Å². The standard InChI is InChI=1S/C19H20FN3O2/c1-23(2)15-5-3-4-13(10-15)18(24)21-22-19(25)17-11-16(17)12-6-8-14(20)9-7-12/h3-10,16-17H,11H2,1-2H3,(H,21,24)(H,22,25). The fraction of sp³-hybridized carbons (Fsp3) is 0.263. The van der Waals surface area contributed by atoms with Gasteiger partial charge < -0.3 is 4.90 Å². The van der Waals surface area contributed by atoms with Gasteiger partial charge in [0.15, 0.2) is 0 Å². The lowest BCUT2D eigenvalue weighted by molar-refractivity contribution is -0.123. The van der Waals surface area contributed by atoms with E-state index in [1.54, 1.807) is 30.3 Å². The number of hydrogen-bond donors (Lipinski definition) is 2. The monoisotopic (exact) mass is 341 g/mol. The highest BCUT2D eigenvalue weighted by atomic mass is 19.1. The molecular weight excluding hydrogens is 321 g/mol. The first-order chi connectivity index (χ1) is 12.0. The molecule has 5 nitrogen and oxygen atoms in total. The highest BCUT2D eigenvalue weighted by Gasteiger charge is 2.44. The van der Waals surface area contributed by atoms with Gasteiger partial charge in [-0.05, 0) is 48.2 Å². The molecule has 6 heteroatoms. The minimum Gasteiger partial charge on any atom is -0.378 e. The van der Waals surface area contributed by atoms with E-state index in [2.05, 4.69) is 10.9 Å². The van der Waals surface area contributed by atoms with Gasteiger partial charge in [-0.15, -0.1) is 0 Å². The summed E-state index contributed by atoms with van der Waals surface area (Å²) in [5.74, 6) is -1.01. The molecule has 0 radical (unpaired) electrons. The van der Waals surface area contributed by atoms with Gasteiger partial charge in [-0.25, -0.2) is 4.39 Å². The molecule has 2 atom stereocenters. The molecule has 2 aromatic carbocycles. The summed E-state index contributed by atoms with van der Waals surface area (Å²) in [4.78, 5) is 26.2. The van der Waals surface area contributed by atoms with E-state index < -0.39 is 0 Å². The normalized spacial score (nSPS) is 18.4. The van der Waals surface area contributed by atoms with Gasteiger partial charge in [0.25, 0.3) is 5.91 Å². The van der Waals surface area contributed by atoms with Crippen LogP contribution < -0.4 is 15.8 Å². The van der Waals surface area contributed by atoms with Crippen molar-refractivity contribution in [1.29, 1.82) is 0 Å².